The fourth-order valence-electron chi connectivity index (χ4n) is 3.58. The second-order valence-corrected chi connectivity index (χ2v) is 10.0. The molecular formula is C23H32NO3P. The lowest BCUT2D eigenvalue weighted by Gasteiger charge is -2.43. The molecule has 1 N–H and O–H groups in total. The van der Waals surface area contributed by atoms with Crippen LogP contribution in [0.4, 0.5) is 0 Å². The van der Waals surface area contributed by atoms with Crippen molar-refractivity contribution in [3.05, 3.63) is 60.7 Å². The lowest BCUT2D eigenvalue weighted by molar-refractivity contribution is -0.151. The Morgan fingerprint density at radius 2 is 1.46 bits per heavy atom. The van der Waals surface area contributed by atoms with Gasteiger partial charge in [0.15, 0.2) is 0 Å². The number of ether oxygens (including phenoxy) is 1. The Balaban J connectivity index is 2.60. The molecule has 28 heavy (non-hydrogen) atoms. The van der Waals surface area contributed by atoms with E-state index in [1.165, 1.54) is 0 Å². The Morgan fingerprint density at radius 3 is 1.82 bits per heavy atom. The van der Waals surface area contributed by atoms with E-state index in [2.05, 4.69) is 18.9 Å². The van der Waals surface area contributed by atoms with Gasteiger partial charge in [0.2, 0.25) is 7.29 Å². The summed E-state index contributed by atoms with van der Waals surface area (Å²) in [5.41, 5.74) is -0.706. The van der Waals surface area contributed by atoms with Crippen molar-refractivity contribution >= 4 is 23.9 Å². The summed E-state index contributed by atoms with van der Waals surface area (Å²) < 4.78 is 19.8. The number of nitrogens with one attached hydrogen (secondary N) is 1. The first-order chi connectivity index (χ1) is 13.3. The van der Waals surface area contributed by atoms with Gasteiger partial charge < -0.3 is 4.74 Å². The van der Waals surface area contributed by atoms with E-state index in [0.717, 1.165) is 10.6 Å². The molecule has 2 rings (SSSR count). The molecule has 0 aromatic heterocycles. The largest absolute Gasteiger partial charge is 0.466 e. The maximum atomic E-state index is 14.5. The number of carbonyl (C=O) groups excluding carboxylic acids is 1. The third kappa shape index (κ3) is 4.56. The van der Waals surface area contributed by atoms with Crippen molar-refractivity contribution in [2.45, 2.75) is 46.6 Å². The molecule has 0 unspecified atom stereocenters. The number of benzene rings is 2. The van der Waals surface area contributed by atoms with Crippen LogP contribution >= 0.6 is 7.29 Å². The fraction of sp³-hybridized carbons (Fsp3) is 0.435. The van der Waals surface area contributed by atoms with Crippen molar-refractivity contribution in [3.63, 3.8) is 0 Å². The highest BCUT2D eigenvalue weighted by atomic mass is 31.2. The van der Waals surface area contributed by atoms with Gasteiger partial charge in [-0.1, -0.05) is 57.2 Å². The van der Waals surface area contributed by atoms with Gasteiger partial charge in [0, 0.05) is 16.1 Å². The fourth-order valence-corrected chi connectivity index (χ4v) is 6.41. The molecule has 0 saturated carbocycles. The Hall–Kier alpha value is -1.90. The Morgan fingerprint density at radius 1 is 1.00 bits per heavy atom. The van der Waals surface area contributed by atoms with E-state index in [4.69, 9.17) is 4.74 Å². The molecule has 0 aliphatic rings. The van der Waals surface area contributed by atoms with Crippen LogP contribution in [0.2, 0.25) is 0 Å². The molecule has 152 valence electrons. The van der Waals surface area contributed by atoms with E-state index in [0.29, 0.717) is 13.0 Å². The number of hydrogen-bond acceptors (Lipinski definition) is 3. The minimum absolute atomic E-state index is 0.0580. The van der Waals surface area contributed by atoms with Crippen LogP contribution in [-0.4, -0.2) is 18.1 Å². The highest BCUT2D eigenvalue weighted by Crippen LogP contribution is 2.45. The van der Waals surface area contributed by atoms with Crippen molar-refractivity contribution < 1.29 is 14.1 Å². The van der Waals surface area contributed by atoms with Gasteiger partial charge in [-0.2, -0.15) is 0 Å². The third-order valence-corrected chi connectivity index (χ3v) is 8.39. The van der Waals surface area contributed by atoms with Crippen molar-refractivity contribution in [2.75, 3.05) is 6.61 Å². The molecule has 0 aliphatic heterocycles. The molecule has 0 saturated heterocycles. The van der Waals surface area contributed by atoms with Crippen molar-refractivity contribution in [1.29, 1.82) is 0 Å². The second kappa shape index (κ2) is 9.54. The molecule has 0 amide bonds. The number of carbonyl (C=O) groups is 1. The van der Waals surface area contributed by atoms with E-state index >= 15 is 0 Å². The maximum Gasteiger partial charge on any atom is 0.310 e. The van der Waals surface area contributed by atoms with Gasteiger partial charge >= 0.3 is 5.97 Å². The summed E-state index contributed by atoms with van der Waals surface area (Å²) in [7, 11) is -3.18. The summed E-state index contributed by atoms with van der Waals surface area (Å²) in [5.74, 6) is -0.600. The SMILES string of the molecule is CCOC(=O)[C@@H](CC)[C@](C)(NP(=O)(c1ccccc1)c1ccccc1)C(C)C. The number of hydrogen-bond donors (Lipinski definition) is 1. The van der Waals surface area contributed by atoms with E-state index in [9.17, 15) is 9.36 Å². The Bertz CT molecular complexity index is 764. The first-order valence-electron chi connectivity index (χ1n) is 9.96. The van der Waals surface area contributed by atoms with Gasteiger partial charge in [-0.3, -0.25) is 14.4 Å². The smallest absolute Gasteiger partial charge is 0.310 e. The molecule has 0 spiro atoms. The normalized spacial score (nSPS) is 15.1. The molecule has 0 heterocycles. The van der Waals surface area contributed by atoms with Gasteiger partial charge in [0.05, 0.1) is 12.5 Å². The Kier molecular flexibility index (Phi) is 7.63. The quantitative estimate of drug-likeness (QED) is 0.496. The zero-order valence-corrected chi connectivity index (χ0v) is 18.4. The first kappa shape index (κ1) is 22.4. The number of rotatable bonds is 9. The predicted molar refractivity (Wildman–Crippen MR) is 117 cm³/mol. The summed E-state index contributed by atoms with van der Waals surface area (Å²) in [5, 5.41) is 4.94. The molecule has 5 heteroatoms. The van der Waals surface area contributed by atoms with Crippen LogP contribution in [0.25, 0.3) is 0 Å². The van der Waals surface area contributed by atoms with Crippen LogP contribution in [-0.2, 0) is 14.1 Å². The van der Waals surface area contributed by atoms with E-state index in [1.807, 2.05) is 81.4 Å². The lowest BCUT2D eigenvalue weighted by atomic mass is 9.76. The Labute approximate surface area is 169 Å². The molecule has 2 atom stereocenters. The lowest BCUT2D eigenvalue weighted by Crippen LogP contribution is -2.56. The zero-order valence-electron chi connectivity index (χ0n) is 17.5. The molecule has 0 aliphatic carbocycles. The number of esters is 1. The van der Waals surface area contributed by atoms with Crippen LogP contribution in [0.5, 0.6) is 0 Å². The van der Waals surface area contributed by atoms with Crippen molar-refractivity contribution in [1.82, 2.24) is 5.09 Å². The summed E-state index contributed by atoms with van der Waals surface area (Å²) in [6, 6.07) is 18.9. The second-order valence-electron chi connectivity index (χ2n) is 7.54. The predicted octanol–water partition coefficient (Wildman–Crippen LogP) is 4.51. The van der Waals surface area contributed by atoms with Crippen molar-refractivity contribution in [2.24, 2.45) is 11.8 Å². The van der Waals surface area contributed by atoms with Crippen LogP contribution in [0.15, 0.2) is 60.7 Å². The molecule has 0 bridgehead atoms. The van der Waals surface area contributed by atoms with Gasteiger partial charge in [-0.25, -0.2) is 0 Å². The summed E-state index contributed by atoms with van der Waals surface area (Å²) in [4.78, 5) is 12.7. The topological polar surface area (TPSA) is 55.4 Å². The highest BCUT2D eigenvalue weighted by Gasteiger charge is 2.46. The van der Waals surface area contributed by atoms with Crippen LogP contribution < -0.4 is 15.7 Å². The molecule has 2 aromatic rings. The molecule has 2 aromatic carbocycles. The minimum Gasteiger partial charge on any atom is -0.466 e. The minimum atomic E-state index is -3.18. The molecule has 0 fully saturated rings. The van der Waals surface area contributed by atoms with Gasteiger partial charge in [-0.05, 0) is 50.5 Å². The average Bonchev–Trinajstić information content (AvgIpc) is 2.70. The molecule has 4 nitrogen and oxygen atoms in total. The first-order valence-corrected chi connectivity index (χ1v) is 11.7. The molecule has 0 radical (unpaired) electrons. The monoisotopic (exact) mass is 401 g/mol. The maximum absolute atomic E-state index is 14.5. The van der Waals surface area contributed by atoms with Gasteiger partial charge in [0.25, 0.3) is 0 Å². The zero-order chi connectivity index (χ0) is 20.8. The van der Waals surface area contributed by atoms with Crippen LogP contribution in [0, 0.1) is 11.8 Å². The standard InChI is InChI=1S/C23H32NO3P/c1-6-21(22(25)27-7-2)23(5,18(3)4)24-28(26,19-14-10-8-11-15-19)20-16-12-9-13-17-20/h8-18,21H,6-7H2,1-5H3,(H,24,26)/t21-,23-/m1/s1. The van der Waals surface area contributed by atoms with E-state index in [-0.39, 0.29) is 11.9 Å². The summed E-state index contributed by atoms with van der Waals surface area (Å²) in [6.45, 7) is 10.2. The van der Waals surface area contributed by atoms with Crippen molar-refractivity contribution in [3.8, 4) is 0 Å². The third-order valence-electron chi connectivity index (χ3n) is 5.54. The van der Waals surface area contributed by atoms with Gasteiger partial charge in [-0.15, -0.1) is 0 Å². The van der Waals surface area contributed by atoms with E-state index in [1.54, 1.807) is 0 Å². The average molecular weight is 401 g/mol. The van der Waals surface area contributed by atoms with Crippen LogP contribution in [0.3, 0.4) is 0 Å². The summed E-state index contributed by atoms with van der Waals surface area (Å²) in [6.07, 6.45) is 0.601. The van der Waals surface area contributed by atoms with Crippen LogP contribution in [0.1, 0.15) is 41.0 Å². The molecular weight excluding hydrogens is 369 g/mol. The van der Waals surface area contributed by atoms with E-state index < -0.39 is 18.7 Å². The highest BCUT2D eigenvalue weighted by molar-refractivity contribution is 7.77. The van der Waals surface area contributed by atoms with Gasteiger partial charge in [0.1, 0.15) is 0 Å². The summed E-state index contributed by atoms with van der Waals surface area (Å²) >= 11 is 0.